The number of aromatic hydroxyl groups is 1. The van der Waals surface area contributed by atoms with Crippen molar-refractivity contribution < 1.29 is 58.3 Å². The molecule has 242 valence electrons. The molecule has 1 heterocycles. The highest BCUT2D eigenvalue weighted by molar-refractivity contribution is 7.91. The van der Waals surface area contributed by atoms with E-state index in [-0.39, 0.29) is 27.5 Å². The second kappa shape index (κ2) is 13.1. The first-order chi connectivity index (χ1) is 21.4. The van der Waals surface area contributed by atoms with Gasteiger partial charge in [-0.25, -0.2) is 17.4 Å². The van der Waals surface area contributed by atoms with Crippen molar-refractivity contribution in [3.05, 3.63) is 84.1 Å². The summed E-state index contributed by atoms with van der Waals surface area (Å²) in [4.78, 5) is 23.8. The molecule has 0 saturated carbocycles. The lowest BCUT2D eigenvalue weighted by atomic mass is 10.2. The largest absolute Gasteiger partial charge is 0.492 e. The molecular formula is C25H21N5O13S3. The van der Waals surface area contributed by atoms with E-state index in [9.17, 15) is 45.1 Å². The summed E-state index contributed by atoms with van der Waals surface area (Å²) in [5.41, 5.74) is -0.869. The van der Waals surface area contributed by atoms with Gasteiger partial charge < -0.3 is 15.5 Å². The number of hydrogen-bond donors (Lipinski definition) is 5. The first kappa shape index (κ1) is 33.8. The van der Waals surface area contributed by atoms with Crippen molar-refractivity contribution in [2.45, 2.75) is 9.79 Å². The minimum Gasteiger partial charge on any atom is -0.492 e. The van der Waals surface area contributed by atoms with Crippen LogP contribution in [0, 0.1) is 0 Å². The molecule has 21 heteroatoms. The van der Waals surface area contributed by atoms with Crippen LogP contribution in [0.25, 0.3) is 5.69 Å². The molecule has 4 rings (SSSR count). The van der Waals surface area contributed by atoms with E-state index in [0.29, 0.717) is 0 Å². The molecule has 18 nitrogen and oxygen atoms in total. The zero-order valence-electron chi connectivity index (χ0n) is 22.8. The van der Waals surface area contributed by atoms with Gasteiger partial charge in [-0.2, -0.15) is 31.7 Å². The van der Waals surface area contributed by atoms with E-state index in [1.165, 1.54) is 42.5 Å². The highest BCUT2D eigenvalue weighted by Gasteiger charge is 2.24. The molecule has 46 heavy (non-hydrogen) atoms. The number of carbonyl (C=O) groups is 2. The van der Waals surface area contributed by atoms with Crippen molar-refractivity contribution >= 4 is 59.3 Å². The minimum absolute atomic E-state index is 0.0403. The molecule has 0 bridgehead atoms. The number of carboxylic acids is 1. The number of azo groups is 1. The third kappa shape index (κ3) is 8.35. The summed E-state index contributed by atoms with van der Waals surface area (Å²) in [5, 5.41) is 34.1. The van der Waals surface area contributed by atoms with Gasteiger partial charge in [0.2, 0.25) is 11.6 Å². The van der Waals surface area contributed by atoms with Gasteiger partial charge >= 0.3 is 16.4 Å². The first-order valence-corrected chi connectivity index (χ1v) is 16.8. The molecule has 1 aromatic heterocycles. The summed E-state index contributed by atoms with van der Waals surface area (Å²) in [5.74, 6) is -3.73. The predicted molar refractivity (Wildman–Crippen MR) is 157 cm³/mol. The average Bonchev–Trinajstić information content (AvgIpc) is 3.31. The number of carbonyl (C=O) groups excluding carboxylic acids is 1. The number of aromatic carboxylic acids is 1. The van der Waals surface area contributed by atoms with Gasteiger partial charge in [0.15, 0.2) is 15.5 Å². The second-order valence-corrected chi connectivity index (χ2v) is 13.6. The van der Waals surface area contributed by atoms with Crippen LogP contribution in [0.5, 0.6) is 5.88 Å². The third-order valence-corrected chi connectivity index (χ3v) is 8.86. The van der Waals surface area contributed by atoms with E-state index < -0.39 is 76.7 Å². The van der Waals surface area contributed by atoms with Gasteiger partial charge in [0.25, 0.3) is 16.0 Å². The molecule has 0 unspecified atom stereocenters. The molecule has 4 aromatic rings. The fraction of sp³-hybridized carbons (Fsp3) is 0.0800. The van der Waals surface area contributed by atoms with Crippen LogP contribution < -0.4 is 5.32 Å². The summed E-state index contributed by atoms with van der Waals surface area (Å²) in [6, 6.07) is 14.8. The van der Waals surface area contributed by atoms with Crippen LogP contribution >= 0.6 is 0 Å². The lowest BCUT2D eigenvalue weighted by Gasteiger charge is -2.09. The minimum atomic E-state index is -4.82. The topological polar surface area (TPSA) is 281 Å². The van der Waals surface area contributed by atoms with E-state index in [1.807, 2.05) is 0 Å². The van der Waals surface area contributed by atoms with Crippen LogP contribution in [0.4, 0.5) is 17.1 Å². The van der Waals surface area contributed by atoms with Gasteiger partial charge in [-0.15, -0.1) is 5.11 Å². The van der Waals surface area contributed by atoms with Crippen LogP contribution in [0.2, 0.25) is 0 Å². The quantitative estimate of drug-likeness (QED) is 0.105. The van der Waals surface area contributed by atoms with Crippen molar-refractivity contribution in [1.29, 1.82) is 0 Å². The second-order valence-electron chi connectivity index (χ2n) is 9.00. The summed E-state index contributed by atoms with van der Waals surface area (Å²) in [6.07, 6.45) is 0. The Morgan fingerprint density at radius 2 is 1.52 bits per heavy atom. The van der Waals surface area contributed by atoms with E-state index in [4.69, 9.17) is 9.11 Å². The molecule has 0 aliphatic heterocycles. The number of nitrogens with zero attached hydrogens (tertiary/aromatic N) is 4. The number of anilines is 1. The normalized spacial score (nSPS) is 12.3. The Bertz CT molecular complexity index is 2160. The number of hydrogen-bond acceptors (Lipinski definition) is 13. The van der Waals surface area contributed by atoms with Crippen LogP contribution in [0.15, 0.2) is 92.8 Å². The number of rotatable bonds is 12. The molecule has 0 saturated heterocycles. The van der Waals surface area contributed by atoms with E-state index >= 15 is 0 Å². The molecule has 3 aromatic carbocycles. The van der Waals surface area contributed by atoms with Gasteiger partial charge in [-0.3, -0.25) is 13.9 Å². The van der Waals surface area contributed by atoms with Crippen LogP contribution in [0.1, 0.15) is 20.8 Å². The predicted octanol–water partition coefficient (Wildman–Crippen LogP) is 2.78. The maximum absolute atomic E-state index is 12.7. The molecular weight excluding hydrogens is 674 g/mol. The molecule has 0 fully saturated rings. The van der Waals surface area contributed by atoms with Crippen molar-refractivity contribution in [2.24, 2.45) is 10.2 Å². The fourth-order valence-corrected chi connectivity index (χ4v) is 5.71. The number of amides is 1. The van der Waals surface area contributed by atoms with Crippen LogP contribution in [0.3, 0.4) is 0 Å². The SMILES string of the molecule is O=C(Nc1cccc(S(=O)(=O)CCOS(=O)(=O)O)c1)c1ccc(/N=N/c2c(C(=O)O)nn(-c3ccc(S(=O)(=O)O)cc3)c2O)cc1. The number of carboxylic acid groups (broad SMARTS) is 1. The Labute approximate surface area is 260 Å². The standard InChI is InChI=1S/C25H21N5O13S3/c31-23(26-17-2-1-3-20(14-17)44(35,36)13-12-43-46(40,41)42)15-4-6-16(7-5-15)27-28-21-22(25(33)34)29-30(24(21)32)18-8-10-19(11-9-18)45(37,38)39/h1-11,14,32H,12-13H2,(H,26,31)(H,33,34)(H,37,38,39)(H,40,41,42)/b28-27+. The van der Waals surface area contributed by atoms with Gasteiger partial charge in [0.05, 0.1) is 33.5 Å². The Kier molecular flexibility index (Phi) is 9.65. The Morgan fingerprint density at radius 3 is 2.11 bits per heavy atom. The Morgan fingerprint density at radius 1 is 0.870 bits per heavy atom. The monoisotopic (exact) mass is 695 g/mol. The highest BCUT2D eigenvalue weighted by atomic mass is 32.3. The fourth-order valence-electron chi connectivity index (χ4n) is 3.70. The number of benzene rings is 3. The molecule has 0 aliphatic carbocycles. The molecule has 0 atom stereocenters. The van der Waals surface area contributed by atoms with Crippen molar-refractivity contribution in [3.8, 4) is 11.6 Å². The average molecular weight is 696 g/mol. The van der Waals surface area contributed by atoms with Gasteiger partial charge in [0, 0.05) is 11.3 Å². The van der Waals surface area contributed by atoms with E-state index in [0.717, 1.165) is 35.0 Å². The maximum Gasteiger partial charge on any atom is 0.397 e. The molecule has 0 radical (unpaired) electrons. The van der Waals surface area contributed by atoms with E-state index in [2.05, 4.69) is 24.8 Å². The summed E-state index contributed by atoms with van der Waals surface area (Å²) in [6.45, 7) is -0.825. The lowest BCUT2D eigenvalue weighted by molar-refractivity contribution is 0.0690. The van der Waals surface area contributed by atoms with Gasteiger partial charge in [-0.05, 0) is 66.7 Å². The van der Waals surface area contributed by atoms with Crippen molar-refractivity contribution in [3.63, 3.8) is 0 Å². The lowest BCUT2D eigenvalue weighted by Crippen LogP contribution is -2.16. The number of sulfone groups is 1. The molecule has 5 N–H and O–H groups in total. The zero-order chi connectivity index (χ0) is 33.9. The van der Waals surface area contributed by atoms with Crippen LogP contribution in [-0.4, -0.2) is 78.6 Å². The highest BCUT2D eigenvalue weighted by Crippen LogP contribution is 2.34. The first-order valence-electron chi connectivity index (χ1n) is 12.4. The van der Waals surface area contributed by atoms with Gasteiger partial charge in [0.1, 0.15) is 0 Å². The van der Waals surface area contributed by atoms with E-state index in [1.54, 1.807) is 0 Å². The maximum atomic E-state index is 12.7. The summed E-state index contributed by atoms with van der Waals surface area (Å²) >= 11 is 0. The smallest absolute Gasteiger partial charge is 0.397 e. The molecule has 1 amide bonds. The number of aromatic nitrogens is 2. The molecule has 0 spiro atoms. The number of nitrogens with one attached hydrogen (secondary N) is 1. The zero-order valence-corrected chi connectivity index (χ0v) is 25.3. The van der Waals surface area contributed by atoms with Crippen LogP contribution in [-0.2, 0) is 34.5 Å². The Balaban J connectivity index is 1.48. The third-order valence-electron chi connectivity index (χ3n) is 5.85. The Hall–Kier alpha value is -5.06. The summed E-state index contributed by atoms with van der Waals surface area (Å²) in [7, 11) is -13.4. The van der Waals surface area contributed by atoms with Crippen molar-refractivity contribution in [1.82, 2.24) is 9.78 Å². The van der Waals surface area contributed by atoms with Gasteiger partial charge in [-0.1, -0.05) is 6.07 Å². The van der Waals surface area contributed by atoms with Crippen molar-refractivity contribution in [2.75, 3.05) is 17.7 Å². The summed E-state index contributed by atoms with van der Waals surface area (Å²) < 4.78 is 91.3. The molecule has 0 aliphatic rings.